The van der Waals surface area contributed by atoms with Gasteiger partial charge in [-0.1, -0.05) is 6.92 Å². The molecule has 2 N–H and O–H groups in total. The van der Waals surface area contributed by atoms with Gasteiger partial charge in [-0.25, -0.2) is 4.98 Å². The maximum absolute atomic E-state index is 5.89. The summed E-state index contributed by atoms with van der Waals surface area (Å²) < 4.78 is 0. The van der Waals surface area contributed by atoms with E-state index in [1.54, 1.807) is 0 Å². The van der Waals surface area contributed by atoms with E-state index in [4.69, 9.17) is 10.7 Å². The quantitative estimate of drug-likeness (QED) is 0.885. The molecule has 4 bridgehead atoms. The molecule has 1 heterocycles. The topological polar surface area (TPSA) is 64.7 Å². The average molecular weight is 258 g/mol. The number of hydrogen-bond donors (Lipinski definition) is 1. The van der Waals surface area contributed by atoms with E-state index in [0.29, 0.717) is 5.95 Å². The van der Waals surface area contributed by atoms with Gasteiger partial charge < -0.3 is 5.73 Å². The molecular formula is C15H22N4. The van der Waals surface area contributed by atoms with Crippen LogP contribution in [0.4, 0.5) is 5.95 Å². The predicted octanol–water partition coefficient (Wildman–Crippen LogP) is 2.48. The highest BCUT2D eigenvalue weighted by atomic mass is 15.1. The Balaban J connectivity index is 1.77. The summed E-state index contributed by atoms with van der Waals surface area (Å²) in [7, 11) is 0. The van der Waals surface area contributed by atoms with Gasteiger partial charge in [0.25, 0.3) is 0 Å². The van der Waals surface area contributed by atoms with Crippen LogP contribution in [0.5, 0.6) is 0 Å². The SMILES string of the molecule is CCc1nc(N)nc(C23CC4CC(CC(C4)C2)C3)n1. The van der Waals surface area contributed by atoms with Gasteiger partial charge >= 0.3 is 0 Å². The zero-order valence-electron chi connectivity index (χ0n) is 11.6. The van der Waals surface area contributed by atoms with Crippen molar-refractivity contribution in [1.29, 1.82) is 0 Å². The monoisotopic (exact) mass is 258 g/mol. The number of nitrogen functional groups attached to an aromatic ring is 1. The smallest absolute Gasteiger partial charge is 0.223 e. The number of rotatable bonds is 2. The van der Waals surface area contributed by atoms with Gasteiger partial charge in [-0.3, -0.25) is 0 Å². The number of hydrogen-bond acceptors (Lipinski definition) is 4. The molecule has 102 valence electrons. The lowest BCUT2D eigenvalue weighted by molar-refractivity contribution is -0.00952. The lowest BCUT2D eigenvalue weighted by atomic mass is 9.49. The van der Waals surface area contributed by atoms with Crippen molar-refractivity contribution in [2.45, 2.75) is 57.3 Å². The van der Waals surface area contributed by atoms with Gasteiger partial charge in [0.05, 0.1) is 0 Å². The molecule has 0 aromatic carbocycles. The van der Waals surface area contributed by atoms with Crippen LogP contribution in [0.1, 0.15) is 57.1 Å². The van der Waals surface area contributed by atoms with Crippen LogP contribution in [0.3, 0.4) is 0 Å². The van der Waals surface area contributed by atoms with E-state index in [9.17, 15) is 0 Å². The van der Waals surface area contributed by atoms with Crippen molar-refractivity contribution in [1.82, 2.24) is 15.0 Å². The lowest BCUT2D eigenvalue weighted by Gasteiger charge is -2.55. The van der Waals surface area contributed by atoms with Crippen molar-refractivity contribution in [3.63, 3.8) is 0 Å². The Morgan fingerprint density at radius 1 is 1.00 bits per heavy atom. The molecule has 0 atom stereocenters. The van der Waals surface area contributed by atoms with Crippen LogP contribution in [0, 0.1) is 17.8 Å². The summed E-state index contributed by atoms with van der Waals surface area (Å²) in [4.78, 5) is 13.5. The minimum absolute atomic E-state index is 0.232. The first-order valence-corrected chi connectivity index (χ1v) is 7.68. The molecule has 4 aliphatic carbocycles. The highest BCUT2D eigenvalue weighted by Crippen LogP contribution is 2.60. The van der Waals surface area contributed by atoms with Crippen LogP contribution in [0.2, 0.25) is 0 Å². The van der Waals surface area contributed by atoms with Crippen molar-refractivity contribution in [3.05, 3.63) is 11.6 Å². The van der Waals surface area contributed by atoms with Crippen LogP contribution in [-0.2, 0) is 11.8 Å². The molecule has 0 radical (unpaired) electrons. The average Bonchev–Trinajstić information content (AvgIpc) is 2.36. The van der Waals surface area contributed by atoms with Crippen molar-refractivity contribution in [3.8, 4) is 0 Å². The minimum atomic E-state index is 0.232. The Kier molecular flexibility index (Phi) is 2.39. The Bertz CT molecular complexity index is 476. The second-order valence-corrected chi connectivity index (χ2v) is 6.98. The van der Waals surface area contributed by atoms with Gasteiger partial charge in [-0.15, -0.1) is 0 Å². The summed E-state index contributed by atoms with van der Waals surface area (Å²) >= 11 is 0. The van der Waals surface area contributed by atoms with E-state index in [1.807, 2.05) is 0 Å². The van der Waals surface area contributed by atoms with Gasteiger partial charge in [-0.2, -0.15) is 9.97 Å². The largest absolute Gasteiger partial charge is 0.368 e. The summed E-state index contributed by atoms with van der Waals surface area (Å²) in [5.74, 6) is 5.02. The summed E-state index contributed by atoms with van der Waals surface area (Å²) in [5.41, 5.74) is 6.12. The highest BCUT2D eigenvalue weighted by Gasteiger charge is 2.53. The molecule has 0 unspecified atom stereocenters. The Labute approximate surface area is 114 Å². The molecule has 19 heavy (non-hydrogen) atoms. The van der Waals surface area contributed by atoms with E-state index in [2.05, 4.69) is 16.9 Å². The first-order chi connectivity index (χ1) is 9.17. The molecule has 4 fully saturated rings. The van der Waals surface area contributed by atoms with Crippen LogP contribution in [-0.4, -0.2) is 15.0 Å². The highest BCUT2D eigenvalue weighted by molar-refractivity contribution is 5.23. The minimum Gasteiger partial charge on any atom is -0.368 e. The summed E-state index contributed by atoms with van der Waals surface area (Å²) in [6.07, 6.45) is 9.02. The van der Waals surface area contributed by atoms with Gasteiger partial charge in [0.1, 0.15) is 11.6 Å². The van der Waals surface area contributed by atoms with Gasteiger partial charge in [0.2, 0.25) is 5.95 Å². The molecule has 5 rings (SSSR count). The number of aromatic nitrogens is 3. The van der Waals surface area contributed by atoms with Gasteiger partial charge in [0.15, 0.2) is 0 Å². The summed E-state index contributed by atoms with van der Waals surface area (Å²) in [6.45, 7) is 2.08. The first kappa shape index (κ1) is 11.6. The molecule has 0 amide bonds. The second kappa shape index (κ2) is 3.90. The van der Waals surface area contributed by atoms with Crippen LogP contribution < -0.4 is 5.73 Å². The third-order valence-corrected chi connectivity index (χ3v) is 5.53. The van der Waals surface area contributed by atoms with E-state index < -0.39 is 0 Å². The zero-order valence-corrected chi connectivity index (χ0v) is 11.6. The van der Waals surface area contributed by atoms with Gasteiger partial charge in [-0.05, 0) is 56.3 Å². The lowest BCUT2D eigenvalue weighted by Crippen LogP contribution is -2.49. The fraction of sp³-hybridized carbons (Fsp3) is 0.800. The van der Waals surface area contributed by atoms with E-state index in [1.165, 1.54) is 38.5 Å². The molecule has 1 aromatic heterocycles. The molecule has 1 aromatic rings. The third kappa shape index (κ3) is 1.76. The van der Waals surface area contributed by atoms with E-state index in [-0.39, 0.29) is 5.41 Å². The fourth-order valence-corrected chi connectivity index (χ4v) is 5.22. The number of nitrogens with two attached hydrogens (primary N) is 1. The summed E-state index contributed by atoms with van der Waals surface area (Å²) in [6, 6.07) is 0. The second-order valence-electron chi connectivity index (χ2n) is 6.98. The van der Waals surface area contributed by atoms with Crippen LogP contribution >= 0.6 is 0 Å². The van der Waals surface area contributed by atoms with E-state index >= 15 is 0 Å². The number of anilines is 1. The van der Waals surface area contributed by atoms with Crippen molar-refractivity contribution in [2.24, 2.45) is 17.8 Å². The number of nitrogens with zero attached hydrogens (tertiary/aromatic N) is 3. The molecule has 0 spiro atoms. The fourth-order valence-electron chi connectivity index (χ4n) is 5.22. The molecule has 0 aliphatic heterocycles. The Hall–Kier alpha value is -1.19. The van der Waals surface area contributed by atoms with Crippen molar-refractivity contribution < 1.29 is 0 Å². The molecule has 0 saturated heterocycles. The number of aryl methyl sites for hydroxylation is 1. The Morgan fingerprint density at radius 3 is 2.11 bits per heavy atom. The van der Waals surface area contributed by atoms with Crippen molar-refractivity contribution >= 4 is 5.95 Å². The maximum Gasteiger partial charge on any atom is 0.223 e. The molecule has 4 saturated carbocycles. The predicted molar refractivity (Wildman–Crippen MR) is 73.5 cm³/mol. The summed E-state index contributed by atoms with van der Waals surface area (Å²) in [5, 5.41) is 0. The van der Waals surface area contributed by atoms with Gasteiger partial charge in [0, 0.05) is 11.8 Å². The molecule has 4 nitrogen and oxygen atoms in total. The first-order valence-electron chi connectivity index (χ1n) is 7.68. The zero-order chi connectivity index (χ0) is 13.0. The van der Waals surface area contributed by atoms with E-state index in [0.717, 1.165) is 35.8 Å². The molecule has 4 aliphatic rings. The molecule has 4 heteroatoms. The standard InChI is InChI=1S/C15H22N4/c1-2-12-17-13(19-14(16)18-12)15-6-9-3-10(7-15)5-11(4-9)8-15/h9-11H,2-8H2,1H3,(H2,16,17,18,19). The van der Waals surface area contributed by atoms with Crippen LogP contribution in [0.25, 0.3) is 0 Å². The van der Waals surface area contributed by atoms with Crippen LogP contribution in [0.15, 0.2) is 0 Å². The Morgan fingerprint density at radius 2 is 1.58 bits per heavy atom. The van der Waals surface area contributed by atoms with Crippen molar-refractivity contribution in [2.75, 3.05) is 5.73 Å². The normalized spacial score (nSPS) is 39.7. The maximum atomic E-state index is 5.89. The molecular weight excluding hydrogens is 236 g/mol. The third-order valence-electron chi connectivity index (χ3n) is 5.53.